The van der Waals surface area contributed by atoms with Gasteiger partial charge in [-0.15, -0.1) is 0 Å². The van der Waals surface area contributed by atoms with E-state index in [1.54, 1.807) is 0 Å². The van der Waals surface area contributed by atoms with Gasteiger partial charge in [0, 0.05) is 5.92 Å². The number of sulfone groups is 2. The Kier molecular flexibility index (Phi) is 3.54. The van der Waals surface area contributed by atoms with E-state index in [1.165, 1.54) is 0 Å². The maximum absolute atomic E-state index is 12.9. The Bertz CT molecular complexity index is 663. The van der Waals surface area contributed by atoms with Crippen LogP contribution in [0.25, 0.3) is 0 Å². The van der Waals surface area contributed by atoms with Gasteiger partial charge in [0.25, 0.3) is 0 Å². The van der Waals surface area contributed by atoms with Crippen LogP contribution in [0.4, 0.5) is 0 Å². The van der Waals surface area contributed by atoms with Crippen LogP contribution in [0.2, 0.25) is 0 Å². The lowest BCUT2D eigenvalue weighted by atomic mass is 9.88. The molecular formula is C14H22O5S2. The van der Waals surface area contributed by atoms with E-state index < -0.39 is 41.5 Å². The van der Waals surface area contributed by atoms with Crippen molar-refractivity contribution in [3.05, 3.63) is 12.2 Å². The largest absolute Gasteiger partial charge is 0.390 e. The van der Waals surface area contributed by atoms with Crippen LogP contribution in [0.15, 0.2) is 12.2 Å². The van der Waals surface area contributed by atoms with Crippen molar-refractivity contribution in [2.24, 2.45) is 11.8 Å². The molecule has 3 aliphatic rings. The Morgan fingerprint density at radius 3 is 2.67 bits per heavy atom. The molecule has 7 heteroatoms. The third-order valence-corrected chi connectivity index (χ3v) is 10.6. The van der Waals surface area contributed by atoms with Crippen molar-refractivity contribution in [1.29, 1.82) is 0 Å². The topological polar surface area (TPSA) is 88.5 Å². The average molecular weight is 334 g/mol. The lowest BCUT2D eigenvalue weighted by Crippen LogP contribution is -2.57. The van der Waals surface area contributed by atoms with Crippen molar-refractivity contribution in [3.8, 4) is 0 Å². The maximum atomic E-state index is 12.9. The molecule has 0 amide bonds. The minimum Gasteiger partial charge on any atom is -0.390 e. The van der Waals surface area contributed by atoms with Gasteiger partial charge in [-0.05, 0) is 18.8 Å². The highest BCUT2D eigenvalue weighted by Crippen LogP contribution is 2.59. The molecule has 5 atom stereocenters. The highest BCUT2D eigenvalue weighted by Gasteiger charge is 2.74. The molecule has 0 unspecified atom stereocenters. The fourth-order valence-electron chi connectivity index (χ4n) is 4.60. The quantitative estimate of drug-likeness (QED) is 0.590. The minimum atomic E-state index is -3.66. The lowest BCUT2D eigenvalue weighted by Gasteiger charge is -2.37. The second-order valence-corrected chi connectivity index (χ2v) is 11.0. The van der Waals surface area contributed by atoms with Crippen LogP contribution in [0.5, 0.6) is 0 Å². The van der Waals surface area contributed by atoms with E-state index in [2.05, 4.69) is 0 Å². The molecule has 2 aliphatic carbocycles. The standard InChI is InChI=1S/C14H22O5S2/c1-2-3-4-7-21(18,19)14-11-6-5-10(8-11)13(14)20(16,17)9-12(14)15/h5-6,10-13,15H,2-4,7-9H2,1H3/t10-,11-,12+,13+,14+/m1/s1. The highest BCUT2D eigenvalue weighted by molar-refractivity contribution is 7.97. The Balaban J connectivity index is 2.07. The van der Waals surface area contributed by atoms with Crippen LogP contribution < -0.4 is 0 Å². The molecule has 1 N–H and O–H groups in total. The molecule has 3 rings (SSSR count). The molecule has 0 aromatic carbocycles. The molecule has 1 saturated heterocycles. The summed E-state index contributed by atoms with van der Waals surface area (Å²) >= 11 is 0. The molecule has 0 aromatic rings. The van der Waals surface area contributed by atoms with Crippen LogP contribution in [0, 0.1) is 11.8 Å². The second-order valence-electron chi connectivity index (χ2n) is 6.54. The van der Waals surface area contributed by atoms with E-state index in [9.17, 15) is 21.9 Å². The molecule has 1 saturated carbocycles. The fraction of sp³-hybridized carbons (Fsp3) is 0.857. The zero-order valence-electron chi connectivity index (χ0n) is 12.1. The molecule has 2 bridgehead atoms. The van der Waals surface area contributed by atoms with Crippen molar-refractivity contribution in [3.63, 3.8) is 0 Å². The first-order chi connectivity index (χ1) is 9.77. The van der Waals surface area contributed by atoms with Gasteiger partial charge in [-0.1, -0.05) is 31.9 Å². The predicted octanol–water partition coefficient (Wildman–Crippen LogP) is 0.694. The summed E-state index contributed by atoms with van der Waals surface area (Å²) in [5, 5.41) is 9.46. The third kappa shape index (κ3) is 1.90. The number of hydrogen-bond acceptors (Lipinski definition) is 5. The average Bonchev–Trinajstić information content (AvgIpc) is 3.01. The summed E-state index contributed by atoms with van der Waals surface area (Å²) in [5.41, 5.74) is 0. The number of fused-ring (bicyclic) bond motifs is 5. The number of unbranched alkanes of at least 4 members (excludes halogenated alkanes) is 2. The molecule has 0 aromatic heterocycles. The van der Waals surface area contributed by atoms with Crippen LogP contribution >= 0.6 is 0 Å². The van der Waals surface area contributed by atoms with Crippen molar-refractivity contribution in [2.75, 3.05) is 11.5 Å². The summed E-state index contributed by atoms with van der Waals surface area (Å²) in [7, 11) is -7.22. The number of aliphatic hydroxyl groups excluding tert-OH is 1. The molecule has 2 fully saturated rings. The van der Waals surface area contributed by atoms with E-state index in [0.717, 1.165) is 12.8 Å². The Morgan fingerprint density at radius 1 is 1.29 bits per heavy atom. The van der Waals surface area contributed by atoms with E-state index in [1.807, 2.05) is 19.1 Å². The van der Waals surface area contributed by atoms with Crippen LogP contribution in [-0.2, 0) is 19.7 Å². The van der Waals surface area contributed by atoms with E-state index >= 15 is 0 Å². The van der Waals surface area contributed by atoms with Crippen molar-refractivity contribution >= 4 is 19.7 Å². The van der Waals surface area contributed by atoms with E-state index in [0.29, 0.717) is 12.8 Å². The van der Waals surface area contributed by atoms with Gasteiger partial charge in [-0.25, -0.2) is 16.8 Å². The van der Waals surface area contributed by atoms with Gasteiger partial charge in [0.2, 0.25) is 0 Å². The van der Waals surface area contributed by atoms with E-state index in [4.69, 9.17) is 0 Å². The first-order valence-electron chi connectivity index (χ1n) is 7.57. The number of hydrogen-bond donors (Lipinski definition) is 1. The summed E-state index contributed by atoms with van der Waals surface area (Å²) < 4.78 is 49.1. The predicted molar refractivity (Wildman–Crippen MR) is 80.4 cm³/mol. The zero-order valence-corrected chi connectivity index (χ0v) is 13.7. The first kappa shape index (κ1) is 15.5. The summed E-state index contributed by atoms with van der Waals surface area (Å²) in [6, 6.07) is 0. The highest BCUT2D eigenvalue weighted by atomic mass is 32.2. The van der Waals surface area contributed by atoms with Crippen LogP contribution in [0.1, 0.15) is 32.6 Å². The summed E-state index contributed by atoms with van der Waals surface area (Å²) in [4.78, 5) is 0. The lowest BCUT2D eigenvalue weighted by molar-refractivity contribution is 0.142. The molecule has 1 aliphatic heterocycles. The SMILES string of the molecule is CCCCCS(=O)(=O)[C@]12[C@@H]3C=C[C@H](C3)[C@@H]1S(=O)(=O)C[C@@H]2O. The van der Waals surface area contributed by atoms with Crippen LogP contribution in [0.3, 0.4) is 0 Å². The van der Waals surface area contributed by atoms with Gasteiger partial charge in [-0.2, -0.15) is 0 Å². The van der Waals surface area contributed by atoms with Gasteiger partial charge in [0.15, 0.2) is 19.7 Å². The smallest absolute Gasteiger partial charge is 0.160 e. The minimum absolute atomic E-state index is 0.0268. The van der Waals surface area contributed by atoms with E-state index in [-0.39, 0.29) is 17.6 Å². The molecule has 21 heavy (non-hydrogen) atoms. The third-order valence-electron chi connectivity index (χ3n) is 5.38. The summed E-state index contributed by atoms with van der Waals surface area (Å²) in [6.07, 6.45) is 5.10. The fourth-order valence-corrected chi connectivity index (χ4v) is 10.7. The molecule has 1 heterocycles. The normalized spacial score (nSPS) is 43.3. The molecule has 5 nitrogen and oxygen atoms in total. The van der Waals surface area contributed by atoms with Crippen molar-refractivity contribution in [2.45, 2.75) is 48.7 Å². The zero-order chi connectivity index (χ0) is 15.5. The maximum Gasteiger partial charge on any atom is 0.160 e. The van der Waals surface area contributed by atoms with Crippen LogP contribution in [-0.4, -0.2) is 49.5 Å². The molecule has 120 valence electrons. The van der Waals surface area contributed by atoms with Gasteiger partial charge in [0.05, 0.1) is 22.9 Å². The summed E-state index contributed by atoms with van der Waals surface area (Å²) in [5.74, 6) is -1.05. The second kappa shape index (κ2) is 4.80. The Morgan fingerprint density at radius 2 is 2.00 bits per heavy atom. The molecule has 0 spiro atoms. The Labute approximate surface area is 126 Å². The van der Waals surface area contributed by atoms with Crippen molar-refractivity contribution < 1.29 is 21.9 Å². The Hall–Kier alpha value is -0.400. The molecule has 0 radical (unpaired) electrons. The summed E-state index contributed by atoms with van der Waals surface area (Å²) in [6.45, 7) is 1.99. The van der Waals surface area contributed by atoms with Gasteiger partial charge >= 0.3 is 0 Å². The number of allylic oxidation sites excluding steroid dienone is 2. The van der Waals surface area contributed by atoms with Gasteiger partial charge in [-0.3, -0.25) is 0 Å². The molecular weight excluding hydrogens is 312 g/mol. The van der Waals surface area contributed by atoms with Crippen molar-refractivity contribution in [1.82, 2.24) is 0 Å². The number of aliphatic hydroxyl groups is 1. The van der Waals surface area contributed by atoms with Gasteiger partial charge < -0.3 is 5.11 Å². The first-order valence-corrected chi connectivity index (χ1v) is 10.9. The monoisotopic (exact) mass is 334 g/mol. The van der Waals surface area contributed by atoms with Gasteiger partial charge in [0.1, 0.15) is 4.75 Å². The number of rotatable bonds is 5.